The molecule has 0 radical (unpaired) electrons. The molecule has 1 amide bonds. The summed E-state index contributed by atoms with van der Waals surface area (Å²) in [6.45, 7) is 5.71. The van der Waals surface area contributed by atoms with Crippen LogP contribution in [0.5, 0.6) is 0 Å². The normalized spacial score (nSPS) is 21.9. The van der Waals surface area contributed by atoms with Crippen LogP contribution in [0.3, 0.4) is 0 Å². The molecule has 27 heavy (non-hydrogen) atoms. The summed E-state index contributed by atoms with van der Waals surface area (Å²) in [5.74, 6) is 0. The summed E-state index contributed by atoms with van der Waals surface area (Å²) in [4.78, 5) is 18.3. The third-order valence-electron chi connectivity index (χ3n) is 4.85. The Morgan fingerprint density at radius 2 is 2.19 bits per heavy atom. The number of likely N-dealkylation sites (tertiary alicyclic amines) is 1. The highest BCUT2D eigenvalue weighted by Gasteiger charge is 2.35. The quantitative estimate of drug-likeness (QED) is 0.865. The van der Waals surface area contributed by atoms with Crippen molar-refractivity contribution in [3.63, 3.8) is 0 Å². The number of piperidine rings is 1. The van der Waals surface area contributed by atoms with E-state index in [2.05, 4.69) is 4.98 Å². The zero-order chi connectivity index (χ0) is 19.6. The molecule has 0 bridgehead atoms. The number of hydrogen-bond donors (Lipinski definition) is 1. The van der Waals surface area contributed by atoms with E-state index in [-0.39, 0.29) is 12.8 Å². The van der Waals surface area contributed by atoms with Crippen molar-refractivity contribution in [1.29, 1.82) is 0 Å². The Kier molecular flexibility index (Phi) is 5.65. The lowest BCUT2D eigenvalue weighted by atomic mass is 9.92. The molecule has 1 aliphatic rings. The summed E-state index contributed by atoms with van der Waals surface area (Å²) in [5.41, 5.74) is 0.124. The number of nitrogens with zero attached hydrogens (tertiary/aromatic N) is 2. The lowest BCUT2D eigenvalue weighted by Gasteiger charge is -2.38. The van der Waals surface area contributed by atoms with E-state index in [4.69, 9.17) is 4.74 Å². The van der Waals surface area contributed by atoms with Gasteiger partial charge < -0.3 is 14.7 Å². The standard InChI is InChI=1S/C21H27FN2O3/c1-21(2,3)27-20(26)24-10-8-15(22)11-16(24)12-19(25)17-6-4-5-14-7-9-23-13-18(14)17/h4-7,9,13,15-16,19,25H,8,10-12H2,1-3H3/t15-,16+,19+/m0/s1. The van der Waals surface area contributed by atoms with Gasteiger partial charge in [0.2, 0.25) is 0 Å². The highest BCUT2D eigenvalue weighted by molar-refractivity contribution is 5.85. The number of aromatic nitrogens is 1. The second kappa shape index (κ2) is 7.80. The van der Waals surface area contributed by atoms with Gasteiger partial charge in [-0.25, -0.2) is 9.18 Å². The molecular formula is C21H27FN2O3. The summed E-state index contributed by atoms with van der Waals surface area (Å²) in [7, 11) is 0. The van der Waals surface area contributed by atoms with Crippen LogP contribution in [-0.2, 0) is 4.74 Å². The molecule has 1 N–H and O–H groups in total. The number of rotatable bonds is 3. The first-order chi connectivity index (χ1) is 12.7. The Labute approximate surface area is 159 Å². The minimum absolute atomic E-state index is 0.208. The molecular weight excluding hydrogens is 347 g/mol. The summed E-state index contributed by atoms with van der Waals surface area (Å²) in [6, 6.07) is 7.16. The van der Waals surface area contributed by atoms with E-state index < -0.39 is 30.0 Å². The van der Waals surface area contributed by atoms with Crippen molar-refractivity contribution in [2.24, 2.45) is 0 Å². The van der Waals surface area contributed by atoms with Crippen LogP contribution < -0.4 is 0 Å². The van der Waals surface area contributed by atoms with Gasteiger partial charge in [-0.3, -0.25) is 4.98 Å². The fourth-order valence-corrected chi connectivity index (χ4v) is 3.60. The van der Waals surface area contributed by atoms with Crippen molar-refractivity contribution in [3.8, 4) is 0 Å². The van der Waals surface area contributed by atoms with Gasteiger partial charge >= 0.3 is 6.09 Å². The van der Waals surface area contributed by atoms with Crippen LogP contribution in [-0.4, -0.2) is 45.4 Å². The van der Waals surface area contributed by atoms with E-state index in [0.717, 1.165) is 16.3 Å². The van der Waals surface area contributed by atoms with E-state index in [1.54, 1.807) is 38.1 Å². The smallest absolute Gasteiger partial charge is 0.410 e. The van der Waals surface area contributed by atoms with Crippen LogP contribution >= 0.6 is 0 Å². The highest BCUT2D eigenvalue weighted by Crippen LogP contribution is 2.32. The lowest BCUT2D eigenvalue weighted by molar-refractivity contribution is -0.00656. The Hall–Kier alpha value is -2.21. The summed E-state index contributed by atoms with van der Waals surface area (Å²) in [6.07, 6.45) is 1.94. The number of pyridine rings is 1. The fraction of sp³-hybridized carbons (Fsp3) is 0.524. The van der Waals surface area contributed by atoms with Gasteiger partial charge in [0, 0.05) is 30.4 Å². The van der Waals surface area contributed by atoms with Gasteiger partial charge in [-0.1, -0.05) is 18.2 Å². The molecule has 0 unspecified atom stereocenters. The number of amides is 1. The number of benzene rings is 1. The van der Waals surface area contributed by atoms with Crippen molar-refractivity contribution in [3.05, 3.63) is 42.2 Å². The largest absolute Gasteiger partial charge is 0.444 e. The Morgan fingerprint density at radius 3 is 2.93 bits per heavy atom. The molecule has 0 aliphatic carbocycles. The minimum Gasteiger partial charge on any atom is -0.444 e. The zero-order valence-corrected chi connectivity index (χ0v) is 16.1. The predicted molar refractivity (Wildman–Crippen MR) is 102 cm³/mol. The van der Waals surface area contributed by atoms with Crippen molar-refractivity contribution in [2.75, 3.05) is 6.54 Å². The second-order valence-electron chi connectivity index (χ2n) is 8.14. The zero-order valence-electron chi connectivity index (χ0n) is 16.1. The van der Waals surface area contributed by atoms with Crippen molar-refractivity contribution < 1.29 is 19.0 Å². The molecule has 1 fully saturated rings. The topological polar surface area (TPSA) is 62.7 Å². The Morgan fingerprint density at radius 1 is 1.41 bits per heavy atom. The number of halogens is 1. The van der Waals surface area contributed by atoms with Crippen LogP contribution in [0.25, 0.3) is 10.8 Å². The van der Waals surface area contributed by atoms with Crippen LogP contribution in [0.4, 0.5) is 9.18 Å². The van der Waals surface area contributed by atoms with Crippen LogP contribution in [0.1, 0.15) is 51.7 Å². The van der Waals surface area contributed by atoms with Crippen molar-refractivity contribution in [1.82, 2.24) is 9.88 Å². The average Bonchev–Trinajstić information content (AvgIpc) is 2.59. The molecule has 146 valence electrons. The molecule has 1 saturated heterocycles. The SMILES string of the molecule is CC(C)(C)OC(=O)N1CC[C@H](F)C[C@@H]1C[C@@H](O)c1cccc2ccncc12. The van der Waals surface area contributed by atoms with Crippen LogP contribution in [0.15, 0.2) is 36.7 Å². The first kappa shape index (κ1) is 19.5. The molecule has 1 aliphatic heterocycles. The number of carbonyl (C=O) groups excluding carboxylic acids is 1. The third-order valence-corrected chi connectivity index (χ3v) is 4.85. The highest BCUT2D eigenvalue weighted by atomic mass is 19.1. The van der Waals surface area contributed by atoms with Gasteiger partial charge in [-0.2, -0.15) is 0 Å². The lowest BCUT2D eigenvalue weighted by Crippen LogP contribution is -2.49. The average molecular weight is 374 g/mol. The molecule has 3 rings (SSSR count). The van der Waals surface area contributed by atoms with E-state index in [0.29, 0.717) is 13.0 Å². The molecule has 1 aromatic carbocycles. The fourth-order valence-electron chi connectivity index (χ4n) is 3.60. The summed E-state index contributed by atoms with van der Waals surface area (Å²) < 4.78 is 19.5. The maximum absolute atomic E-state index is 14.0. The van der Waals surface area contributed by atoms with Crippen molar-refractivity contribution in [2.45, 2.75) is 64.0 Å². The number of hydrogen-bond acceptors (Lipinski definition) is 4. The molecule has 2 aromatic rings. The number of ether oxygens (including phenoxy) is 1. The molecule has 2 heterocycles. The number of aliphatic hydroxyl groups is 1. The number of alkyl halides is 1. The van der Waals surface area contributed by atoms with Gasteiger partial charge in [0.15, 0.2) is 0 Å². The van der Waals surface area contributed by atoms with E-state index in [1.807, 2.05) is 24.3 Å². The van der Waals surface area contributed by atoms with Crippen LogP contribution in [0, 0.1) is 0 Å². The van der Waals surface area contributed by atoms with E-state index in [9.17, 15) is 14.3 Å². The van der Waals surface area contributed by atoms with Gasteiger partial charge in [-0.05, 0) is 57.0 Å². The van der Waals surface area contributed by atoms with Gasteiger partial charge in [0.1, 0.15) is 11.8 Å². The maximum Gasteiger partial charge on any atom is 0.410 e. The number of fused-ring (bicyclic) bond motifs is 1. The van der Waals surface area contributed by atoms with Crippen LogP contribution in [0.2, 0.25) is 0 Å². The summed E-state index contributed by atoms with van der Waals surface area (Å²) in [5, 5.41) is 12.7. The monoisotopic (exact) mass is 374 g/mol. The van der Waals surface area contributed by atoms with Crippen molar-refractivity contribution >= 4 is 16.9 Å². The Balaban J connectivity index is 1.80. The maximum atomic E-state index is 14.0. The Bertz CT molecular complexity index is 800. The van der Waals surface area contributed by atoms with Gasteiger partial charge in [-0.15, -0.1) is 0 Å². The molecule has 0 spiro atoms. The third kappa shape index (κ3) is 4.75. The summed E-state index contributed by atoms with van der Waals surface area (Å²) >= 11 is 0. The second-order valence-corrected chi connectivity index (χ2v) is 8.14. The molecule has 3 atom stereocenters. The first-order valence-corrected chi connectivity index (χ1v) is 9.39. The molecule has 6 heteroatoms. The molecule has 1 aromatic heterocycles. The number of aliphatic hydroxyl groups excluding tert-OH is 1. The van der Waals surface area contributed by atoms with Gasteiger partial charge in [0.25, 0.3) is 0 Å². The number of carbonyl (C=O) groups is 1. The minimum atomic E-state index is -0.977. The van der Waals surface area contributed by atoms with E-state index >= 15 is 0 Å². The van der Waals surface area contributed by atoms with Gasteiger partial charge in [0.05, 0.1) is 6.10 Å². The predicted octanol–water partition coefficient (Wildman–Crippen LogP) is 4.40. The first-order valence-electron chi connectivity index (χ1n) is 9.39. The molecule has 5 nitrogen and oxygen atoms in total. The van der Waals surface area contributed by atoms with E-state index in [1.165, 1.54) is 0 Å². The molecule has 0 saturated carbocycles.